The van der Waals surface area contributed by atoms with Gasteiger partial charge in [0.25, 0.3) is 0 Å². The minimum atomic E-state index is -0.248. The zero-order valence-electron chi connectivity index (χ0n) is 13.8. The molecule has 128 valence electrons. The lowest BCUT2D eigenvalue weighted by atomic mass is 9.95. The molecule has 0 fully saturated rings. The molecule has 0 bridgehead atoms. The summed E-state index contributed by atoms with van der Waals surface area (Å²) in [6.07, 6.45) is 0.678. The summed E-state index contributed by atoms with van der Waals surface area (Å²) in [4.78, 5) is 12.5. The van der Waals surface area contributed by atoms with Crippen LogP contribution in [0.5, 0.6) is 0 Å². The summed E-state index contributed by atoms with van der Waals surface area (Å²) < 4.78 is 13.7. The van der Waals surface area contributed by atoms with E-state index < -0.39 is 0 Å². The summed E-state index contributed by atoms with van der Waals surface area (Å²) >= 11 is 0. The van der Waals surface area contributed by atoms with Gasteiger partial charge in [-0.15, -0.1) is 12.4 Å². The smallest absolute Gasteiger partial charge is 0.237 e. The summed E-state index contributed by atoms with van der Waals surface area (Å²) in [5.41, 5.74) is 3.83. The Hall–Kier alpha value is -1.91. The number of fused-ring (bicyclic) bond motifs is 1. The monoisotopic (exact) mass is 348 g/mol. The molecule has 0 saturated carbocycles. The highest BCUT2D eigenvalue weighted by Crippen LogP contribution is 2.19. The van der Waals surface area contributed by atoms with Crippen LogP contribution in [-0.4, -0.2) is 11.9 Å². The van der Waals surface area contributed by atoms with Gasteiger partial charge >= 0.3 is 0 Å². The van der Waals surface area contributed by atoms with E-state index >= 15 is 0 Å². The van der Waals surface area contributed by atoms with Crippen molar-refractivity contribution in [3.05, 3.63) is 70.5 Å². The molecule has 1 heterocycles. The molecule has 2 atom stereocenters. The van der Waals surface area contributed by atoms with E-state index in [0.29, 0.717) is 18.5 Å². The number of rotatable bonds is 3. The lowest BCUT2D eigenvalue weighted by molar-refractivity contribution is -0.124. The average Bonchev–Trinajstić information content (AvgIpc) is 2.56. The van der Waals surface area contributed by atoms with E-state index in [1.165, 1.54) is 17.2 Å². The van der Waals surface area contributed by atoms with Crippen molar-refractivity contribution in [1.29, 1.82) is 0 Å². The van der Waals surface area contributed by atoms with Crippen LogP contribution in [0.25, 0.3) is 0 Å². The second-order valence-corrected chi connectivity index (χ2v) is 6.15. The van der Waals surface area contributed by atoms with Gasteiger partial charge in [-0.1, -0.05) is 36.4 Å². The summed E-state index contributed by atoms with van der Waals surface area (Å²) in [5, 5.41) is 6.24. The first kappa shape index (κ1) is 18.4. The first-order valence-electron chi connectivity index (χ1n) is 7.91. The van der Waals surface area contributed by atoms with Gasteiger partial charge in [0.2, 0.25) is 5.91 Å². The molecule has 2 aromatic carbocycles. The topological polar surface area (TPSA) is 41.1 Å². The Morgan fingerprint density at radius 2 is 1.96 bits per heavy atom. The highest BCUT2D eigenvalue weighted by Gasteiger charge is 2.25. The van der Waals surface area contributed by atoms with Crippen molar-refractivity contribution in [2.75, 3.05) is 0 Å². The third-order valence-electron chi connectivity index (χ3n) is 4.45. The second-order valence-electron chi connectivity index (χ2n) is 6.15. The van der Waals surface area contributed by atoms with Crippen molar-refractivity contribution in [2.24, 2.45) is 0 Å². The van der Waals surface area contributed by atoms with Crippen molar-refractivity contribution >= 4 is 18.3 Å². The molecule has 2 unspecified atom stereocenters. The van der Waals surface area contributed by atoms with Crippen LogP contribution in [-0.2, 0) is 17.8 Å². The molecular formula is C19H22ClFN2O. The Morgan fingerprint density at radius 3 is 2.67 bits per heavy atom. The van der Waals surface area contributed by atoms with E-state index in [2.05, 4.69) is 22.8 Å². The molecule has 2 aromatic rings. The molecule has 3 nitrogen and oxygen atoms in total. The van der Waals surface area contributed by atoms with Gasteiger partial charge in [0.05, 0.1) is 12.1 Å². The normalized spacial score (nSPS) is 17.4. The fraction of sp³-hybridized carbons (Fsp3) is 0.316. The van der Waals surface area contributed by atoms with Gasteiger partial charge in [0, 0.05) is 6.54 Å². The molecule has 1 aliphatic rings. The van der Waals surface area contributed by atoms with Gasteiger partial charge in [-0.2, -0.15) is 0 Å². The van der Waals surface area contributed by atoms with Crippen molar-refractivity contribution in [1.82, 2.24) is 10.6 Å². The minimum absolute atomic E-state index is 0. The van der Waals surface area contributed by atoms with Crippen molar-refractivity contribution < 1.29 is 9.18 Å². The maximum atomic E-state index is 13.7. The molecule has 0 aliphatic carbocycles. The molecule has 24 heavy (non-hydrogen) atoms. The zero-order chi connectivity index (χ0) is 16.4. The lowest BCUT2D eigenvalue weighted by Crippen LogP contribution is -2.48. The predicted molar refractivity (Wildman–Crippen MR) is 95.7 cm³/mol. The summed E-state index contributed by atoms with van der Waals surface area (Å²) in [6.45, 7) is 4.30. The molecule has 1 aliphatic heterocycles. The fourth-order valence-corrected chi connectivity index (χ4v) is 2.92. The Kier molecular flexibility index (Phi) is 5.97. The minimum Gasteiger partial charge on any atom is -0.348 e. The number of halogens is 2. The predicted octanol–water partition coefficient (Wildman–Crippen LogP) is 3.45. The highest BCUT2D eigenvalue weighted by atomic mass is 35.5. The van der Waals surface area contributed by atoms with Crippen molar-refractivity contribution in [3.8, 4) is 0 Å². The molecule has 1 amide bonds. The highest BCUT2D eigenvalue weighted by molar-refractivity contribution is 5.85. The number of amides is 1. The number of benzene rings is 2. The summed E-state index contributed by atoms with van der Waals surface area (Å²) in [6, 6.07) is 12.8. The maximum absolute atomic E-state index is 13.7. The van der Waals surface area contributed by atoms with Gasteiger partial charge in [-0.3, -0.25) is 4.79 Å². The zero-order valence-corrected chi connectivity index (χ0v) is 14.6. The van der Waals surface area contributed by atoms with Crippen molar-refractivity contribution in [2.45, 2.75) is 38.9 Å². The molecule has 5 heteroatoms. The maximum Gasteiger partial charge on any atom is 0.237 e. The molecule has 0 aromatic heterocycles. The Labute approximate surface area is 148 Å². The van der Waals surface area contributed by atoms with Crippen LogP contribution in [0.4, 0.5) is 4.39 Å². The number of hydrogen-bond donors (Lipinski definition) is 2. The Bertz CT molecular complexity index is 735. The van der Waals surface area contributed by atoms with E-state index in [1.54, 1.807) is 13.0 Å². The molecule has 0 radical (unpaired) electrons. The fourth-order valence-electron chi connectivity index (χ4n) is 2.92. The summed E-state index contributed by atoms with van der Waals surface area (Å²) in [7, 11) is 0. The number of nitrogens with one attached hydrogen (secondary N) is 2. The molecule has 0 spiro atoms. The van der Waals surface area contributed by atoms with Gasteiger partial charge in [0.15, 0.2) is 0 Å². The lowest BCUT2D eigenvalue weighted by Gasteiger charge is -2.27. The van der Waals surface area contributed by atoms with E-state index in [-0.39, 0.29) is 36.2 Å². The Morgan fingerprint density at radius 1 is 1.25 bits per heavy atom. The van der Waals surface area contributed by atoms with Crippen LogP contribution in [0.1, 0.15) is 35.2 Å². The van der Waals surface area contributed by atoms with Gasteiger partial charge in [-0.25, -0.2) is 4.39 Å². The average molecular weight is 349 g/mol. The van der Waals surface area contributed by atoms with Gasteiger partial charge in [-0.05, 0) is 48.6 Å². The molecular weight excluding hydrogens is 327 g/mol. The van der Waals surface area contributed by atoms with Crippen LogP contribution in [0.15, 0.2) is 42.5 Å². The van der Waals surface area contributed by atoms with Crippen LogP contribution in [0.2, 0.25) is 0 Å². The van der Waals surface area contributed by atoms with Crippen LogP contribution >= 0.6 is 12.4 Å². The first-order chi connectivity index (χ1) is 11.0. The first-order valence-corrected chi connectivity index (χ1v) is 7.91. The molecule has 2 N–H and O–H groups in total. The third kappa shape index (κ3) is 3.94. The number of hydrogen-bond acceptors (Lipinski definition) is 2. The van der Waals surface area contributed by atoms with Crippen molar-refractivity contribution in [3.63, 3.8) is 0 Å². The third-order valence-corrected chi connectivity index (χ3v) is 4.45. The van der Waals surface area contributed by atoms with Gasteiger partial charge in [0.1, 0.15) is 5.82 Å². The van der Waals surface area contributed by atoms with Crippen LogP contribution in [0.3, 0.4) is 0 Å². The van der Waals surface area contributed by atoms with E-state index in [9.17, 15) is 9.18 Å². The quantitative estimate of drug-likeness (QED) is 0.892. The SMILES string of the molecule is Cc1ccc(C(C)NC(=O)C2Cc3ccccc3CN2)cc1F.Cl. The van der Waals surface area contributed by atoms with Crippen LogP contribution < -0.4 is 10.6 Å². The standard InChI is InChI=1S/C19H21FN2O.ClH/c1-12-7-8-14(9-17(12)20)13(2)22-19(23)18-10-15-5-3-4-6-16(15)11-21-18;/h3-9,13,18,21H,10-11H2,1-2H3,(H,22,23);1H. The van der Waals surface area contributed by atoms with Gasteiger partial charge < -0.3 is 10.6 Å². The number of aryl methyl sites for hydroxylation is 1. The number of carbonyl (C=O) groups is 1. The van der Waals surface area contributed by atoms with E-state index in [1.807, 2.05) is 25.1 Å². The van der Waals surface area contributed by atoms with E-state index in [4.69, 9.17) is 0 Å². The Balaban J connectivity index is 0.00000208. The second kappa shape index (κ2) is 7.77. The largest absolute Gasteiger partial charge is 0.348 e. The number of carbonyl (C=O) groups excluding carboxylic acids is 1. The van der Waals surface area contributed by atoms with E-state index in [0.717, 1.165) is 5.56 Å². The summed E-state index contributed by atoms with van der Waals surface area (Å²) in [5.74, 6) is -0.290. The molecule has 3 rings (SSSR count). The van der Waals surface area contributed by atoms with Crippen LogP contribution in [0, 0.1) is 12.7 Å². The molecule has 0 saturated heterocycles.